The van der Waals surface area contributed by atoms with Crippen molar-refractivity contribution in [1.29, 1.82) is 0 Å². The van der Waals surface area contributed by atoms with Crippen molar-refractivity contribution in [2.45, 2.75) is 32.9 Å². The van der Waals surface area contributed by atoms with Crippen LogP contribution in [0.4, 0.5) is 0 Å². The Hall–Kier alpha value is -1.23. The maximum atomic E-state index is 9.20. The van der Waals surface area contributed by atoms with E-state index in [4.69, 9.17) is 0 Å². The van der Waals surface area contributed by atoms with Crippen LogP contribution in [-0.2, 0) is 6.54 Å². The maximum Gasteiger partial charge on any atom is 0.123 e. The summed E-state index contributed by atoms with van der Waals surface area (Å²) in [5, 5.41) is 15.6. The summed E-state index contributed by atoms with van der Waals surface area (Å²) in [6, 6.07) is 8.40. The van der Waals surface area contributed by atoms with Gasteiger partial charge in [-0.2, -0.15) is 0 Å². The lowest BCUT2D eigenvalue weighted by molar-refractivity contribution is 0.187. The fourth-order valence-corrected chi connectivity index (χ4v) is 2.43. The summed E-state index contributed by atoms with van der Waals surface area (Å²) in [5.41, 5.74) is 3.16. The second-order valence-electron chi connectivity index (χ2n) is 5.41. The largest absolute Gasteiger partial charge is 0.394 e. The Labute approximate surface area is 118 Å². The Morgan fingerprint density at radius 3 is 2.58 bits per heavy atom. The lowest BCUT2D eigenvalue weighted by Gasteiger charge is -2.22. The summed E-state index contributed by atoms with van der Waals surface area (Å²) in [7, 11) is 0. The van der Waals surface area contributed by atoms with E-state index in [0.29, 0.717) is 6.54 Å². The number of benzene rings is 1. The van der Waals surface area contributed by atoms with Gasteiger partial charge in [0.2, 0.25) is 0 Å². The number of nitrogens with zero attached hydrogens (tertiary/aromatic N) is 1. The third kappa shape index (κ3) is 3.86. The predicted octanol–water partition coefficient (Wildman–Crippen LogP) is 2.98. The van der Waals surface area contributed by atoms with Crippen LogP contribution in [-0.4, -0.2) is 22.2 Å². The Bertz CT molecular complexity index is 531. The lowest BCUT2D eigenvalue weighted by Crippen LogP contribution is -2.42. The molecule has 102 valence electrons. The minimum atomic E-state index is -0.270. The molecule has 0 fully saturated rings. The molecule has 0 radical (unpaired) electrons. The summed E-state index contributed by atoms with van der Waals surface area (Å²) in [6.45, 7) is 6.82. The number of thiazole rings is 1. The first-order valence-electron chi connectivity index (χ1n) is 6.37. The van der Waals surface area contributed by atoms with Crippen LogP contribution < -0.4 is 5.32 Å². The van der Waals surface area contributed by atoms with Crippen molar-refractivity contribution < 1.29 is 5.11 Å². The molecule has 4 heteroatoms. The van der Waals surface area contributed by atoms with E-state index in [1.807, 2.05) is 13.8 Å². The molecular weight excluding hydrogens is 256 g/mol. The molecule has 0 aliphatic heterocycles. The van der Waals surface area contributed by atoms with Crippen molar-refractivity contribution in [3.63, 3.8) is 0 Å². The van der Waals surface area contributed by atoms with Gasteiger partial charge in [-0.25, -0.2) is 4.98 Å². The van der Waals surface area contributed by atoms with Crippen LogP contribution in [0, 0.1) is 6.92 Å². The Balaban J connectivity index is 2.05. The smallest absolute Gasteiger partial charge is 0.123 e. The molecule has 0 unspecified atom stereocenters. The fourth-order valence-electron chi connectivity index (χ4n) is 1.60. The summed E-state index contributed by atoms with van der Waals surface area (Å²) < 4.78 is 0. The van der Waals surface area contributed by atoms with Crippen LogP contribution in [0.2, 0.25) is 0 Å². The highest BCUT2D eigenvalue weighted by Gasteiger charge is 2.15. The molecule has 19 heavy (non-hydrogen) atoms. The van der Waals surface area contributed by atoms with Crippen molar-refractivity contribution in [2.75, 3.05) is 6.61 Å². The first-order chi connectivity index (χ1) is 9.00. The topological polar surface area (TPSA) is 45.2 Å². The van der Waals surface area contributed by atoms with Gasteiger partial charge in [0.25, 0.3) is 0 Å². The van der Waals surface area contributed by atoms with Gasteiger partial charge >= 0.3 is 0 Å². The maximum absolute atomic E-state index is 9.20. The SMILES string of the molecule is Cc1ccc(-c2nc(CNC(C)(C)CO)cs2)cc1. The molecule has 0 atom stereocenters. The predicted molar refractivity (Wildman–Crippen MR) is 80.3 cm³/mol. The highest BCUT2D eigenvalue weighted by molar-refractivity contribution is 7.13. The number of aryl methyl sites for hydroxylation is 1. The summed E-state index contributed by atoms with van der Waals surface area (Å²) in [6.07, 6.45) is 0. The number of rotatable bonds is 5. The van der Waals surface area contributed by atoms with Gasteiger partial charge in [0.1, 0.15) is 5.01 Å². The molecule has 1 aromatic heterocycles. The molecule has 0 saturated carbocycles. The quantitative estimate of drug-likeness (QED) is 0.882. The van der Waals surface area contributed by atoms with Crippen molar-refractivity contribution in [1.82, 2.24) is 10.3 Å². The third-order valence-corrected chi connectivity index (χ3v) is 3.93. The Morgan fingerprint density at radius 2 is 1.95 bits per heavy atom. The zero-order chi connectivity index (χ0) is 13.9. The lowest BCUT2D eigenvalue weighted by atomic mass is 10.1. The number of hydrogen-bond acceptors (Lipinski definition) is 4. The van der Waals surface area contributed by atoms with Gasteiger partial charge in [0.15, 0.2) is 0 Å². The fraction of sp³-hybridized carbons (Fsp3) is 0.400. The minimum absolute atomic E-state index is 0.113. The summed E-state index contributed by atoms with van der Waals surface area (Å²) in [5.74, 6) is 0. The van der Waals surface area contributed by atoms with Crippen molar-refractivity contribution >= 4 is 11.3 Å². The number of hydrogen-bond donors (Lipinski definition) is 2. The number of aliphatic hydroxyl groups is 1. The monoisotopic (exact) mass is 276 g/mol. The standard InChI is InChI=1S/C15H20N2OS/c1-11-4-6-12(7-5-11)14-17-13(9-19-14)8-16-15(2,3)10-18/h4-7,9,16,18H,8,10H2,1-3H3. The molecule has 0 aliphatic rings. The minimum Gasteiger partial charge on any atom is -0.394 e. The molecule has 0 spiro atoms. The molecule has 1 aromatic carbocycles. The van der Waals surface area contributed by atoms with E-state index in [1.165, 1.54) is 5.56 Å². The van der Waals surface area contributed by atoms with Gasteiger partial charge in [-0.05, 0) is 20.8 Å². The van der Waals surface area contributed by atoms with E-state index in [1.54, 1.807) is 11.3 Å². The Kier molecular flexibility index (Phi) is 4.34. The van der Waals surface area contributed by atoms with Crippen LogP contribution >= 0.6 is 11.3 Å². The van der Waals surface area contributed by atoms with Gasteiger partial charge in [0.05, 0.1) is 12.3 Å². The van der Waals surface area contributed by atoms with E-state index in [-0.39, 0.29) is 12.1 Å². The highest BCUT2D eigenvalue weighted by Crippen LogP contribution is 2.24. The van der Waals surface area contributed by atoms with E-state index in [9.17, 15) is 5.11 Å². The molecule has 0 bridgehead atoms. The van der Waals surface area contributed by atoms with E-state index >= 15 is 0 Å². The summed E-state index contributed by atoms with van der Waals surface area (Å²) >= 11 is 1.65. The van der Waals surface area contributed by atoms with E-state index in [0.717, 1.165) is 16.3 Å². The molecular formula is C15H20N2OS. The van der Waals surface area contributed by atoms with Crippen molar-refractivity contribution in [3.8, 4) is 10.6 Å². The van der Waals surface area contributed by atoms with Crippen molar-refractivity contribution in [3.05, 3.63) is 40.9 Å². The number of aromatic nitrogens is 1. The highest BCUT2D eigenvalue weighted by atomic mass is 32.1. The zero-order valence-electron chi connectivity index (χ0n) is 11.6. The average Bonchev–Trinajstić information content (AvgIpc) is 2.86. The molecule has 0 saturated heterocycles. The zero-order valence-corrected chi connectivity index (χ0v) is 12.4. The van der Waals surface area contributed by atoms with Gasteiger partial charge in [-0.15, -0.1) is 11.3 Å². The summed E-state index contributed by atoms with van der Waals surface area (Å²) in [4.78, 5) is 4.62. The first kappa shape index (κ1) is 14.2. The molecule has 3 nitrogen and oxygen atoms in total. The third-order valence-electron chi connectivity index (χ3n) is 2.99. The molecule has 2 aromatic rings. The van der Waals surface area contributed by atoms with E-state index in [2.05, 4.69) is 46.9 Å². The normalized spacial score (nSPS) is 11.8. The molecule has 2 N–H and O–H groups in total. The van der Waals surface area contributed by atoms with Gasteiger partial charge < -0.3 is 10.4 Å². The first-order valence-corrected chi connectivity index (χ1v) is 7.25. The van der Waals surface area contributed by atoms with Gasteiger partial charge in [-0.1, -0.05) is 29.8 Å². The van der Waals surface area contributed by atoms with Gasteiger partial charge in [0, 0.05) is 23.0 Å². The molecule has 1 heterocycles. The molecule has 0 amide bonds. The molecule has 2 rings (SSSR count). The number of nitrogens with one attached hydrogen (secondary N) is 1. The second kappa shape index (κ2) is 5.82. The van der Waals surface area contributed by atoms with E-state index < -0.39 is 0 Å². The molecule has 0 aliphatic carbocycles. The average molecular weight is 276 g/mol. The van der Waals surface area contributed by atoms with Crippen LogP contribution in [0.3, 0.4) is 0 Å². The van der Waals surface area contributed by atoms with Crippen LogP contribution in [0.1, 0.15) is 25.1 Å². The van der Waals surface area contributed by atoms with Crippen molar-refractivity contribution in [2.24, 2.45) is 0 Å². The van der Waals surface area contributed by atoms with Gasteiger partial charge in [-0.3, -0.25) is 0 Å². The van der Waals surface area contributed by atoms with Crippen LogP contribution in [0.25, 0.3) is 10.6 Å². The number of aliphatic hydroxyl groups excluding tert-OH is 1. The van der Waals surface area contributed by atoms with Crippen LogP contribution in [0.5, 0.6) is 0 Å². The van der Waals surface area contributed by atoms with Crippen LogP contribution in [0.15, 0.2) is 29.6 Å². The second-order valence-corrected chi connectivity index (χ2v) is 6.26. The Morgan fingerprint density at radius 1 is 1.26 bits per heavy atom.